The maximum Gasteiger partial charge on any atom is 0.338 e. The first-order chi connectivity index (χ1) is 13.9. The van der Waals surface area contributed by atoms with Crippen LogP contribution in [0.1, 0.15) is 45.1 Å². The van der Waals surface area contributed by atoms with E-state index >= 15 is 0 Å². The van der Waals surface area contributed by atoms with Crippen molar-refractivity contribution in [1.29, 1.82) is 0 Å². The van der Waals surface area contributed by atoms with Crippen molar-refractivity contribution in [3.05, 3.63) is 35.4 Å². The van der Waals surface area contributed by atoms with E-state index in [1.165, 1.54) is 0 Å². The smallest absolute Gasteiger partial charge is 0.338 e. The molecule has 0 bridgehead atoms. The lowest BCUT2D eigenvalue weighted by Gasteiger charge is -2.13. The number of nitrogens with zero attached hydrogens (tertiary/aromatic N) is 1. The van der Waals surface area contributed by atoms with Crippen LogP contribution >= 0.6 is 0 Å². The van der Waals surface area contributed by atoms with Crippen molar-refractivity contribution in [2.45, 2.75) is 52.2 Å². The van der Waals surface area contributed by atoms with Crippen molar-refractivity contribution in [3.8, 4) is 0 Å². The first-order valence-electron chi connectivity index (χ1n) is 9.89. The van der Waals surface area contributed by atoms with E-state index < -0.39 is 30.4 Å². The zero-order valence-electron chi connectivity index (χ0n) is 17.1. The first kappa shape index (κ1) is 21.3. The molecular formula is C21H27NO7. The van der Waals surface area contributed by atoms with Crippen LogP contribution in [0.4, 0.5) is 0 Å². The molecule has 1 aromatic carbocycles. The van der Waals surface area contributed by atoms with Crippen LogP contribution in [0.15, 0.2) is 29.3 Å². The van der Waals surface area contributed by atoms with Crippen molar-refractivity contribution >= 4 is 17.8 Å². The molecular weight excluding hydrogens is 378 g/mol. The van der Waals surface area contributed by atoms with Gasteiger partial charge in [0.15, 0.2) is 18.5 Å². The van der Waals surface area contributed by atoms with E-state index in [9.17, 15) is 9.59 Å². The average Bonchev–Trinajstić information content (AvgIpc) is 3.36. The van der Waals surface area contributed by atoms with E-state index in [4.69, 9.17) is 23.7 Å². The predicted molar refractivity (Wildman–Crippen MR) is 103 cm³/mol. The van der Waals surface area contributed by atoms with Gasteiger partial charge < -0.3 is 23.7 Å². The molecule has 1 aromatic rings. The molecule has 0 aromatic heterocycles. The number of aliphatic imine (C=N–C) groups is 1. The number of ether oxygens (including phenoxy) is 5. The molecule has 0 aliphatic carbocycles. The molecule has 29 heavy (non-hydrogen) atoms. The highest BCUT2D eigenvalue weighted by Gasteiger charge is 2.47. The quantitative estimate of drug-likeness (QED) is 0.643. The van der Waals surface area contributed by atoms with Crippen molar-refractivity contribution < 1.29 is 33.3 Å². The Morgan fingerprint density at radius 2 is 1.59 bits per heavy atom. The summed E-state index contributed by atoms with van der Waals surface area (Å²) in [5, 5.41) is 0. The molecule has 0 amide bonds. The average molecular weight is 405 g/mol. The van der Waals surface area contributed by atoms with Gasteiger partial charge in [-0.15, -0.1) is 0 Å². The number of carbonyl (C=O) groups is 2. The SMILES string of the molecule is CCOC(=O)[C@@H]1OC(c2ccc(C3=N[C@@H](C(C)C)CO3)cc2)O[C@H]1C(=O)OCC. The zero-order chi connectivity index (χ0) is 21.0. The Hall–Kier alpha value is -2.45. The minimum atomic E-state index is -1.17. The largest absolute Gasteiger partial charge is 0.475 e. The van der Waals surface area contributed by atoms with Crippen LogP contribution in [-0.2, 0) is 33.3 Å². The summed E-state index contributed by atoms with van der Waals surface area (Å²) in [4.78, 5) is 29.0. The second kappa shape index (κ2) is 9.37. The molecule has 2 aliphatic rings. The lowest BCUT2D eigenvalue weighted by Crippen LogP contribution is -2.39. The Morgan fingerprint density at radius 3 is 2.03 bits per heavy atom. The molecule has 0 spiro atoms. The minimum absolute atomic E-state index is 0.154. The van der Waals surface area contributed by atoms with Crippen LogP contribution in [0.2, 0.25) is 0 Å². The second-order valence-electron chi connectivity index (χ2n) is 7.13. The van der Waals surface area contributed by atoms with Crippen LogP contribution < -0.4 is 0 Å². The van der Waals surface area contributed by atoms with E-state index in [-0.39, 0.29) is 19.3 Å². The van der Waals surface area contributed by atoms with E-state index in [0.29, 0.717) is 24.0 Å². The van der Waals surface area contributed by atoms with Crippen LogP contribution in [0.3, 0.4) is 0 Å². The lowest BCUT2D eigenvalue weighted by molar-refractivity contribution is -0.163. The second-order valence-corrected chi connectivity index (χ2v) is 7.13. The summed E-state index contributed by atoms with van der Waals surface area (Å²) in [7, 11) is 0. The molecule has 1 fully saturated rings. The van der Waals surface area contributed by atoms with Gasteiger partial charge in [0.25, 0.3) is 0 Å². The van der Waals surface area contributed by atoms with Crippen LogP contribution in [0.5, 0.6) is 0 Å². The van der Waals surface area contributed by atoms with Gasteiger partial charge in [0.05, 0.1) is 19.3 Å². The summed E-state index contributed by atoms with van der Waals surface area (Å²) in [5.74, 6) is -0.291. The van der Waals surface area contributed by atoms with Gasteiger partial charge in [-0.3, -0.25) is 0 Å². The minimum Gasteiger partial charge on any atom is -0.475 e. The third kappa shape index (κ3) is 4.76. The highest BCUT2D eigenvalue weighted by Crippen LogP contribution is 2.33. The highest BCUT2D eigenvalue weighted by molar-refractivity contribution is 5.95. The standard InChI is InChI=1S/C21H27NO7/c1-5-25-19(23)16-17(20(24)26-6-2)29-21(28-16)14-9-7-13(8-10-14)18-22-15(11-27-18)12(3)4/h7-10,12,15-17,21H,5-6,11H2,1-4H3/t15-,16-,17-/m1/s1. The highest BCUT2D eigenvalue weighted by atomic mass is 16.8. The molecule has 0 saturated carbocycles. The molecule has 8 nitrogen and oxygen atoms in total. The van der Waals surface area contributed by atoms with Gasteiger partial charge in [0.2, 0.25) is 5.90 Å². The molecule has 2 heterocycles. The predicted octanol–water partition coefficient (Wildman–Crippen LogP) is 2.40. The summed E-state index contributed by atoms with van der Waals surface area (Å²) in [6, 6.07) is 7.44. The topological polar surface area (TPSA) is 92.7 Å². The Morgan fingerprint density at radius 1 is 1.03 bits per heavy atom. The molecule has 3 rings (SSSR count). The van der Waals surface area contributed by atoms with E-state index in [2.05, 4.69) is 18.8 Å². The van der Waals surface area contributed by atoms with Gasteiger partial charge in [0, 0.05) is 11.1 Å². The Kier molecular flexibility index (Phi) is 6.87. The van der Waals surface area contributed by atoms with Crippen molar-refractivity contribution in [1.82, 2.24) is 0 Å². The maximum absolute atomic E-state index is 12.2. The van der Waals surface area contributed by atoms with Gasteiger partial charge >= 0.3 is 11.9 Å². The molecule has 158 valence electrons. The summed E-state index contributed by atoms with van der Waals surface area (Å²) in [6.45, 7) is 8.50. The molecule has 1 saturated heterocycles. The Balaban J connectivity index is 1.74. The fourth-order valence-electron chi connectivity index (χ4n) is 3.08. The summed E-state index contributed by atoms with van der Waals surface area (Å²) < 4.78 is 27.1. The van der Waals surface area contributed by atoms with Gasteiger partial charge in [-0.2, -0.15) is 0 Å². The number of hydrogen-bond donors (Lipinski definition) is 0. The van der Waals surface area contributed by atoms with Crippen LogP contribution in [0, 0.1) is 5.92 Å². The monoisotopic (exact) mass is 405 g/mol. The number of rotatable bonds is 7. The lowest BCUT2D eigenvalue weighted by atomic mass is 10.1. The molecule has 8 heteroatoms. The molecule has 0 radical (unpaired) electrons. The summed E-state index contributed by atoms with van der Waals surface area (Å²) in [5.41, 5.74) is 1.51. The summed E-state index contributed by atoms with van der Waals surface area (Å²) in [6.07, 6.45) is -3.23. The van der Waals surface area contributed by atoms with Crippen molar-refractivity contribution in [2.75, 3.05) is 19.8 Å². The third-order valence-corrected chi connectivity index (χ3v) is 4.73. The van der Waals surface area contributed by atoms with Gasteiger partial charge in [-0.05, 0) is 31.9 Å². The number of benzene rings is 1. The van der Waals surface area contributed by atoms with Crippen LogP contribution in [0.25, 0.3) is 0 Å². The van der Waals surface area contributed by atoms with Gasteiger partial charge in [-0.1, -0.05) is 26.0 Å². The molecule has 2 aliphatic heterocycles. The van der Waals surface area contributed by atoms with Gasteiger partial charge in [0.1, 0.15) is 6.61 Å². The molecule has 0 unspecified atom stereocenters. The number of esters is 2. The van der Waals surface area contributed by atoms with E-state index in [1.807, 2.05) is 12.1 Å². The van der Waals surface area contributed by atoms with E-state index in [1.54, 1.807) is 26.0 Å². The maximum atomic E-state index is 12.2. The zero-order valence-corrected chi connectivity index (χ0v) is 17.1. The van der Waals surface area contributed by atoms with Crippen LogP contribution in [-0.4, -0.2) is 55.9 Å². The van der Waals surface area contributed by atoms with Crippen molar-refractivity contribution in [3.63, 3.8) is 0 Å². The first-order valence-corrected chi connectivity index (χ1v) is 9.89. The Labute approximate surface area is 170 Å². The normalized spacial score (nSPS) is 24.3. The fourth-order valence-corrected chi connectivity index (χ4v) is 3.08. The Bertz CT molecular complexity index is 733. The fraction of sp³-hybridized carbons (Fsp3) is 0.571. The molecule has 3 atom stereocenters. The van der Waals surface area contributed by atoms with Gasteiger partial charge in [-0.25, -0.2) is 14.6 Å². The number of carbonyl (C=O) groups excluding carboxylic acids is 2. The van der Waals surface area contributed by atoms with Crippen molar-refractivity contribution in [2.24, 2.45) is 10.9 Å². The van der Waals surface area contributed by atoms with E-state index in [0.717, 1.165) is 5.56 Å². The summed E-state index contributed by atoms with van der Waals surface area (Å²) >= 11 is 0. The molecule has 0 N–H and O–H groups in total. The number of hydrogen-bond acceptors (Lipinski definition) is 8. The third-order valence-electron chi connectivity index (χ3n) is 4.73.